The van der Waals surface area contributed by atoms with Gasteiger partial charge in [-0.2, -0.15) is 0 Å². The minimum absolute atomic E-state index is 0.0313. The lowest BCUT2D eigenvalue weighted by molar-refractivity contribution is -0.143. The number of rotatable bonds is 1. The SMILES string of the molecule is O=C(C1CC2CCN1CC2)N1CCC2(CC1)Nc1ccccc1NC2=O. The Balaban J connectivity index is 1.28. The summed E-state index contributed by atoms with van der Waals surface area (Å²) in [6.07, 6.45) is 4.84. The molecule has 2 amide bonds. The molecule has 0 aliphatic carbocycles. The van der Waals surface area contributed by atoms with Crippen molar-refractivity contribution in [3.8, 4) is 0 Å². The zero-order valence-corrected chi connectivity index (χ0v) is 15.0. The summed E-state index contributed by atoms with van der Waals surface area (Å²) in [4.78, 5) is 30.2. The Hall–Kier alpha value is -2.08. The predicted octanol–water partition coefficient (Wildman–Crippen LogP) is 1.90. The Bertz CT molecular complexity index is 733. The summed E-state index contributed by atoms with van der Waals surface area (Å²) in [5.41, 5.74) is 1.23. The number of hydrogen-bond donors (Lipinski definition) is 2. The molecule has 1 unspecified atom stereocenters. The van der Waals surface area contributed by atoms with Crippen molar-refractivity contribution in [3.63, 3.8) is 0 Å². The molecule has 26 heavy (non-hydrogen) atoms. The molecule has 1 atom stereocenters. The summed E-state index contributed by atoms with van der Waals surface area (Å²) in [5.74, 6) is 1.04. The van der Waals surface area contributed by atoms with Crippen LogP contribution in [0.4, 0.5) is 11.4 Å². The first-order valence-corrected chi connectivity index (χ1v) is 9.86. The van der Waals surface area contributed by atoms with Gasteiger partial charge in [-0.1, -0.05) is 12.1 Å². The van der Waals surface area contributed by atoms with Crippen molar-refractivity contribution in [2.75, 3.05) is 36.8 Å². The Morgan fingerprint density at radius 1 is 1.04 bits per heavy atom. The highest BCUT2D eigenvalue weighted by molar-refractivity contribution is 6.06. The molecule has 5 aliphatic rings. The van der Waals surface area contributed by atoms with Gasteiger partial charge >= 0.3 is 0 Å². The molecule has 1 aromatic rings. The van der Waals surface area contributed by atoms with E-state index in [0.717, 1.165) is 36.8 Å². The topological polar surface area (TPSA) is 64.7 Å². The number of hydrogen-bond acceptors (Lipinski definition) is 4. The van der Waals surface area contributed by atoms with E-state index in [-0.39, 0.29) is 17.9 Å². The molecule has 5 aliphatic heterocycles. The summed E-state index contributed by atoms with van der Waals surface area (Å²) in [7, 11) is 0. The van der Waals surface area contributed by atoms with Crippen molar-refractivity contribution in [3.05, 3.63) is 24.3 Å². The highest BCUT2D eigenvalue weighted by Gasteiger charge is 2.47. The lowest BCUT2D eigenvalue weighted by atomic mass is 9.81. The average Bonchev–Trinajstić information content (AvgIpc) is 2.70. The summed E-state index contributed by atoms with van der Waals surface area (Å²) in [6.45, 7) is 3.44. The minimum Gasteiger partial charge on any atom is -0.369 e. The molecule has 2 N–H and O–H groups in total. The number of fused-ring (bicyclic) bond motifs is 4. The van der Waals surface area contributed by atoms with Crippen molar-refractivity contribution >= 4 is 23.2 Å². The van der Waals surface area contributed by atoms with Crippen LogP contribution >= 0.6 is 0 Å². The Morgan fingerprint density at radius 3 is 2.38 bits per heavy atom. The number of amides is 2. The second-order valence-corrected chi connectivity index (χ2v) is 8.26. The van der Waals surface area contributed by atoms with Crippen LogP contribution in [0.5, 0.6) is 0 Å². The van der Waals surface area contributed by atoms with Gasteiger partial charge < -0.3 is 15.5 Å². The van der Waals surface area contributed by atoms with E-state index in [9.17, 15) is 9.59 Å². The Labute approximate surface area is 153 Å². The number of piperidine rings is 4. The molecular formula is C20H26N4O2. The van der Waals surface area contributed by atoms with Crippen LogP contribution in [0.2, 0.25) is 0 Å². The fourth-order valence-electron chi connectivity index (χ4n) is 5.15. The van der Waals surface area contributed by atoms with E-state index in [4.69, 9.17) is 0 Å². The zero-order valence-electron chi connectivity index (χ0n) is 15.0. The molecule has 6 rings (SSSR count). The van der Waals surface area contributed by atoms with Crippen LogP contribution in [0.1, 0.15) is 32.1 Å². The first-order valence-electron chi connectivity index (χ1n) is 9.86. The van der Waals surface area contributed by atoms with Crippen LogP contribution in [0, 0.1) is 5.92 Å². The summed E-state index contributed by atoms with van der Waals surface area (Å²) < 4.78 is 0. The van der Waals surface area contributed by atoms with Gasteiger partial charge in [0.2, 0.25) is 11.8 Å². The van der Waals surface area contributed by atoms with Crippen LogP contribution in [-0.4, -0.2) is 59.4 Å². The lowest BCUT2D eigenvalue weighted by Gasteiger charge is -2.48. The highest BCUT2D eigenvalue weighted by Crippen LogP contribution is 2.37. The van der Waals surface area contributed by atoms with E-state index < -0.39 is 5.54 Å². The number of carbonyl (C=O) groups is 2. The van der Waals surface area contributed by atoms with Gasteiger partial charge in [0, 0.05) is 13.1 Å². The molecule has 0 saturated carbocycles. The summed E-state index contributed by atoms with van der Waals surface area (Å²) in [6, 6.07) is 7.89. The molecule has 4 fully saturated rings. The van der Waals surface area contributed by atoms with E-state index >= 15 is 0 Å². The normalized spacial score (nSPS) is 31.9. The molecule has 0 radical (unpaired) electrons. The van der Waals surface area contributed by atoms with E-state index in [0.29, 0.717) is 25.9 Å². The average molecular weight is 354 g/mol. The fourth-order valence-corrected chi connectivity index (χ4v) is 5.15. The largest absolute Gasteiger partial charge is 0.369 e. The third-order valence-corrected chi connectivity index (χ3v) is 6.84. The molecule has 4 saturated heterocycles. The molecule has 1 aromatic carbocycles. The van der Waals surface area contributed by atoms with E-state index in [2.05, 4.69) is 15.5 Å². The second kappa shape index (κ2) is 5.98. The third kappa shape index (κ3) is 2.50. The van der Waals surface area contributed by atoms with Crippen LogP contribution in [0.15, 0.2) is 24.3 Å². The van der Waals surface area contributed by atoms with Gasteiger partial charge in [0.1, 0.15) is 5.54 Å². The Kier molecular flexibility index (Phi) is 3.71. The van der Waals surface area contributed by atoms with Crippen LogP contribution in [0.3, 0.4) is 0 Å². The van der Waals surface area contributed by atoms with Crippen molar-refractivity contribution in [1.29, 1.82) is 0 Å². The first-order chi connectivity index (χ1) is 12.6. The van der Waals surface area contributed by atoms with Gasteiger partial charge in [-0.3, -0.25) is 14.5 Å². The van der Waals surface area contributed by atoms with Crippen molar-refractivity contribution in [1.82, 2.24) is 9.80 Å². The molecule has 6 nitrogen and oxygen atoms in total. The van der Waals surface area contributed by atoms with Crippen LogP contribution in [-0.2, 0) is 9.59 Å². The smallest absolute Gasteiger partial charge is 0.250 e. The second-order valence-electron chi connectivity index (χ2n) is 8.26. The van der Waals surface area contributed by atoms with Gasteiger partial charge in [0.05, 0.1) is 17.4 Å². The van der Waals surface area contributed by atoms with E-state index in [1.165, 1.54) is 12.8 Å². The number of likely N-dealkylation sites (tertiary alicyclic amines) is 1. The zero-order chi connectivity index (χ0) is 17.7. The van der Waals surface area contributed by atoms with Crippen molar-refractivity contribution in [2.24, 2.45) is 5.92 Å². The highest BCUT2D eigenvalue weighted by atomic mass is 16.2. The maximum atomic E-state index is 13.1. The number of para-hydroxylation sites is 2. The number of carbonyl (C=O) groups excluding carboxylic acids is 2. The molecule has 6 heteroatoms. The molecule has 2 bridgehead atoms. The van der Waals surface area contributed by atoms with E-state index in [1.54, 1.807) is 0 Å². The van der Waals surface area contributed by atoms with Gasteiger partial charge in [-0.05, 0) is 63.2 Å². The van der Waals surface area contributed by atoms with Gasteiger partial charge in [-0.15, -0.1) is 0 Å². The molecule has 1 spiro atoms. The minimum atomic E-state index is -0.586. The molecule has 0 aromatic heterocycles. The maximum Gasteiger partial charge on any atom is 0.250 e. The van der Waals surface area contributed by atoms with E-state index in [1.807, 2.05) is 29.2 Å². The Morgan fingerprint density at radius 2 is 1.73 bits per heavy atom. The number of anilines is 2. The van der Waals surface area contributed by atoms with Crippen LogP contribution < -0.4 is 10.6 Å². The summed E-state index contributed by atoms with van der Waals surface area (Å²) >= 11 is 0. The monoisotopic (exact) mass is 354 g/mol. The van der Waals surface area contributed by atoms with Gasteiger partial charge in [0.25, 0.3) is 0 Å². The van der Waals surface area contributed by atoms with Crippen molar-refractivity contribution < 1.29 is 9.59 Å². The quantitative estimate of drug-likeness (QED) is 0.808. The van der Waals surface area contributed by atoms with Gasteiger partial charge in [0.15, 0.2) is 0 Å². The van der Waals surface area contributed by atoms with Gasteiger partial charge in [-0.25, -0.2) is 0 Å². The lowest BCUT2D eigenvalue weighted by Crippen LogP contribution is -2.62. The predicted molar refractivity (Wildman–Crippen MR) is 99.9 cm³/mol. The maximum absolute atomic E-state index is 13.1. The molecular weight excluding hydrogens is 328 g/mol. The first kappa shape index (κ1) is 16.1. The van der Waals surface area contributed by atoms with Crippen LogP contribution in [0.25, 0.3) is 0 Å². The fraction of sp³-hybridized carbons (Fsp3) is 0.600. The molecule has 138 valence electrons. The van der Waals surface area contributed by atoms with Crippen molar-refractivity contribution in [2.45, 2.75) is 43.7 Å². The number of nitrogens with zero attached hydrogens (tertiary/aromatic N) is 2. The standard InChI is InChI=1S/C20H26N4O2/c25-18(17-13-14-5-9-23(17)10-6-14)24-11-7-20(8-12-24)19(26)21-15-3-1-2-4-16(15)22-20/h1-4,14,17,22H,5-13H2,(H,21,26). The molecule has 5 heterocycles. The number of nitrogens with one attached hydrogen (secondary N) is 2. The number of benzene rings is 1. The third-order valence-electron chi connectivity index (χ3n) is 6.84. The summed E-state index contributed by atoms with van der Waals surface area (Å²) in [5, 5.41) is 6.50.